The van der Waals surface area contributed by atoms with Gasteiger partial charge in [0, 0.05) is 24.8 Å². The zero-order valence-corrected chi connectivity index (χ0v) is 12.6. The molecule has 20 heavy (non-hydrogen) atoms. The van der Waals surface area contributed by atoms with Crippen LogP contribution < -0.4 is 10.1 Å². The average Bonchev–Trinajstić information content (AvgIpc) is 2.34. The van der Waals surface area contributed by atoms with E-state index in [-0.39, 0.29) is 24.5 Å². The van der Waals surface area contributed by atoms with Crippen LogP contribution in [0.2, 0.25) is 0 Å². The van der Waals surface area contributed by atoms with Crippen LogP contribution in [0.3, 0.4) is 0 Å². The summed E-state index contributed by atoms with van der Waals surface area (Å²) < 4.78 is 24.1. The van der Waals surface area contributed by atoms with E-state index in [1.54, 1.807) is 12.1 Å². The molecule has 0 heterocycles. The van der Waals surface area contributed by atoms with Gasteiger partial charge in [0.05, 0.1) is 6.61 Å². The Morgan fingerprint density at radius 3 is 2.60 bits per heavy atom. The molecule has 1 unspecified atom stereocenters. The molecule has 0 saturated carbocycles. The highest BCUT2D eigenvalue weighted by Gasteiger charge is 2.15. The van der Waals surface area contributed by atoms with Gasteiger partial charge in [-0.3, -0.25) is 0 Å². The van der Waals surface area contributed by atoms with E-state index in [2.05, 4.69) is 5.32 Å². The molecule has 1 atom stereocenters. The third-order valence-corrected chi connectivity index (χ3v) is 2.64. The lowest BCUT2D eigenvalue weighted by atomic mass is 10.1. The van der Waals surface area contributed by atoms with Gasteiger partial charge < -0.3 is 19.9 Å². The molecule has 0 saturated heterocycles. The van der Waals surface area contributed by atoms with Crippen molar-refractivity contribution in [3.05, 3.63) is 29.6 Å². The van der Waals surface area contributed by atoms with E-state index in [0.717, 1.165) is 5.56 Å². The SMILES string of the molecule is COCC(O)COc1c(F)cccc1CNC(C)(C)C. The number of methoxy groups -OCH3 is 1. The lowest BCUT2D eigenvalue weighted by Crippen LogP contribution is -2.35. The quantitative estimate of drug-likeness (QED) is 0.805. The predicted octanol–water partition coefficient (Wildman–Crippen LogP) is 2.10. The molecule has 0 aliphatic heterocycles. The molecule has 1 rings (SSSR count). The first-order valence-corrected chi connectivity index (χ1v) is 6.65. The number of ether oxygens (including phenoxy) is 2. The third-order valence-electron chi connectivity index (χ3n) is 2.64. The van der Waals surface area contributed by atoms with Crippen molar-refractivity contribution in [2.75, 3.05) is 20.3 Å². The van der Waals surface area contributed by atoms with E-state index in [4.69, 9.17) is 9.47 Å². The summed E-state index contributed by atoms with van der Waals surface area (Å²) in [7, 11) is 1.49. The van der Waals surface area contributed by atoms with E-state index < -0.39 is 11.9 Å². The summed E-state index contributed by atoms with van der Waals surface area (Å²) in [4.78, 5) is 0. The monoisotopic (exact) mass is 285 g/mol. The lowest BCUT2D eigenvalue weighted by Gasteiger charge is -2.22. The first kappa shape index (κ1) is 16.9. The zero-order chi connectivity index (χ0) is 15.2. The number of hydrogen-bond acceptors (Lipinski definition) is 4. The number of aliphatic hydroxyl groups is 1. The van der Waals surface area contributed by atoms with Gasteiger partial charge in [-0.25, -0.2) is 4.39 Å². The molecule has 0 bridgehead atoms. The first-order chi connectivity index (χ1) is 9.33. The second-order valence-corrected chi connectivity index (χ2v) is 5.75. The van der Waals surface area contributed by atoms with Crippen LogP contribution in [-0.4, -0.2) is 37.1 Å². The smallest absolute Gasteiger partial charge is 0.165 e. The van der Waals surface area contributed by atoms with Crippen LogP contribution in [0.1, 0.15) is 26.3 Å². The van der Waals surface area contributed by atoms with Crippen molar-refractivity contribution in [1.82, 2.24) is 5.32 Å². The third kappa shape index (κ3) is 5.86. The molecule has 0 spiro atoms. The van der Waals surface area contributed by atoms with Crippen molar-refractivity contribution >= 4 is 0 Å². The minimum absolute atomic E-state index is 0.00269. The maximum Gasteiger partial charge on any atom is 0.165 e. The molecule has 1 aromatic rings. The highest BCUT2D eigenvalue weighted by Crippen LogP contribution is 2.23. The van der Waals surface area contributed by atoms with Crippen molar-refractivity contribution < 1.29 is 19.0 Å². The van der Waals surface area contributed by atoms with Gasteiger partial charge in [0.2, 0.25) is 0 Å². The van der Waals surface area contributed by atoms with Crippen molar-refractivity contribution in [1.29, 1.82) is 0 Å². The zero-order valence-electron chi connectivity index (χ0n) is 12.6. The van der Waals surface area contributed by atoms with Gasteiger partial charge in [-0.2, -0.15) is 0 Å². The number of nitrogens with one attached hydrogen (secondary N) is 1. The number of para-hydroxylation sites is 1. The second-order valence-electron chi connectivity index (χ2n) is 5.75. The Morgan fingerprint density at radius 2 is 2.00 bits per heavy atom. The van der Waals surface area contributed by atoms with Crippen LogP contribution in [-0.2, 0) is 11.3 Å². The molecular formula is C15H24FNO3. The average molecular weight is 285 g/mol. The van der Waals surface area contributed by atoms with Crippen molar-refractivity contribution in [3.63, 3.8) is 0 Å². The molecular weight excluding hydrogens is 261 g/mol. The lowest BCUT2D eigenvalue weighted by molar-refractivity contribution is 0.0313. The van der Waals surface area contributed by atoms with E-state index in [0.29, 0.717) is 6.54 Å². The highest BCUT2D eigenvalue weighted by molar-refractivity contribution is 5.35. The molecule has 1 aromatic carbocycles. The van der Waals surface area contributed by atoms with Crippen LogP contribution in [0.4, 0.5) is 4.39 Å². The maximum atomic E-state index is 13.8. The Bertz CT molecular complexity index is 418. The van der Waals surface area contributed by atoms with E-state index >= 15 is 0 Å². The summed E-state index contributed by atoms with van der Waals surface area (Å²) in [5.41, 5.74) is 0.656. The normalized spacial score (nSPS) is 13.3. The van der Waals surface area contributed by atoms with Crippen molar-refractivity contribution in [2.45, 2.75) is 39.0 Å². The fourth-order valence-electron chi connectivity index (χ4n) is 1.63. The fraction of sp³-hybridized carbons (Fsp3) is 0.600. The Hall–Kier alpha value is -1.17. The largest absolute Gasteiger partial charge is 0.487 e. The number of rotatable bonds is 7. The van der Waals surface area contributed by atoms with Crippen LogP contribution in [0.15, 0.2) is 18.2 Å². The standard InChI is InChI=1S/C15H24FNO3/c1-15(2,3)17-8-11-6-5-7-13(16)14(11)20-10-12(18)9-19-4/h5-7,12,17-18H,8-10H2,1-4H3. The topological polar surface area (TPSA) is 50.7 Å². The Kier molecular flexibility index (Phi) is 6.39. The molecule has 0 amide bonds. The summed E-state index contributed by atoms with van der Waals surface area (Å²) in [6, 6.07) is 4.80. The Balaban J connectivity index is 2.72. The van der Waals surface area contributed by atoms with E-state index in [1.807, 2.05) is 20.8 Å². The van der Waals surface area contributed by atoms with Gasteiger partial charge >= 0.3 is 0 Å². The van der Waals surface area contributed by atoms with Crippen LogP contribution in [0.5, 0.6) is 5.75 Å². The van der Waals surface area contributed by atoms with Gasteiger partial charge in [0.1, 0.15) is 12.7 Å². The molecule has 0 aliphatic carbocycles. The summed E-state index contributed by atoms with van der Waals surface area (Å²) in [6.07, 6.45) is -0.775. The molecule has 5 heteroatoms. The first-order valence-electron chi connectivity index (χ1n) is 6.65. The predicted molar refractivity (Wildman–Crippen MR) is 76.4 cm³/mol. The fourth-order valence-corrected chi connectivity index (χ4v) is 1.63. The summed E-state index contributed by atoms with van der Waals surface area (Å²) in [5, 5.41) is 12.8. The number of benzene rings is 1. The number of aliphatic hydroxyl groups excluding tert-OH is 1. The number of hydrogen-bond donors (Lipinski definition) is 2. The summed E-state index contributed by atoms with van der Waals surface area (Å²) >= 11 is 0. The van der Waals surface area contributed by atoms with E-state index in [9.17, 15) is 9.50 Å². The van der Waals surface area contributed by atoms with Crippen molar-refractivity contribution in [3.8, 4) is 5.75 Å². The molecule has 0 fully saturated rings. The van der Waals surface area contributed by atoms with Gasteiger partial charge in [-0.05, 0) is 26.8 Å². The van der Waals surface area contributed by atoms with Gasteiger partial charge in [0.25, 0.3) is 0 Å². The highest BCUT2D eigenvalue weighted by atomic mass is 19.1. The van der Waals surface area contributed by atoms with Crippen LogP contribution in [0.25, 0.3) is 0 Å². The Morgan fingerprint density at radius 1 is 1.30 bits per heavy atom. The second kappa shape index (κ2) is 7.57. The van der Waals surface area contributed by atoms with E-state index in [1.165, 1.54) is 13.2 Å². The molecule has 0 radical (unpaired) electrons. The minimum atomic E-state index is -0.775. The molecule has 0 aromatic heterocycles. The van der Waals surface area contributed by atoms with Gasteiger partial charge in [-0.15, -0.1) is 0 Å². The maximum absolute atomic E-state index is 13.8. The van der Waals surface area contributed by atoms with Gasteiger partial charge in [-0.1, -0.05) is 12.1 Å². The summed E-state index contributed by atoms with van der Waals surface area (Å²) in [6.45, 7) is 6.76. The van der Waals surface area contributed by atoms with Crippen LogP contribution >= 0.6 is 0 Å². The molecule has 4 nitrogen and oxygen atoms in total. The number of halogens is 1. The minimum Gasteiger partial charge on any atom is -0.487 e. The Labute approximate surface area is 119 Å². The van der Waals surface area contributed by atoms with Gasteiger partial charge in [0.15, 0.2) is 11.6 Å². The summed E-state index contributed by atoms with van der Waals surface area (Å²) in [5.74, 6) is -0.248. The van der Waals surface area contributed by atoms with Crippen molar-refractivity contribution in [2.24, 2.45) is 0 Å². The molecule has 0 aliphatic rings. The molecule has 2 N–H and O–H groups in total. The van der Waals surface area contributed by atoms with Crippen LogP contribution in [0, 0.1) is 5.82 Å². The molecule has 114 valence electrons.